The Labute approximate surface area is 117 Å². The first-order valence-corrected chi connectivity index (χ1v) is 7.66. The number of nitrogens with one attached hydrogen (secondary N) is 1. The molecule has 19 heavy (non-hydrogen) atoms. The zero-order valence-electron chi connectivity index (χ0n) is 12.9. The van der Waals surface area contributed by atoms with Crippen molar-refractivity contribution in [3.05, 3.63) is 0 Å². The van der Waals surface area contributed by atoms with Crippen molar-refractivity contribution in [2.45, 2.75) is 59.0 Å². The second kappa shape index (κ2) is 8.54. The largest absolute Gasteiger partial charge is 0.466 e. The second-order valence-electron chi connectivity index (χ2n) is 5.86. The number of nitrogens with zero attached hydrogens (tertiary/aromatic N) is 1. The van der Waals surface area contributed by atoms with Gasteiger partial charge in [-0.2, -0.15) is 0 Å². The number of piperidine rings is 1. The maximum absolute atomic E-state index is 11.6. The summed E-state index contributed by atoms with van der Waals surface area (Å²) in [6, 6.07) is 0.715. The highest BCUT2D eigenvalue weighted by Gasteiger charge is 2.24. The summed E-state index contributed by atoms with van der Waals surface area (Å²) >= 11 is 0. The molecule has 1 rings (SSSR count). The van der Waals surface area contributed by atoms with E-state index in [0.29, 0.717) is 25.0 Å². The van der Waals surface area contributed by atoms with Gasteiger partial charge in [-0.3, -0.25) is 9.69 Å². The van der Waals surface area contributed by atoms with E-state index >= 15 is 0 Å². The molecule has 1 fully saturated rings. The highest BCUT2D eigenvalue weighted by Crippen LogP contribution is 2.17. The van der Waals surface area contributed by atoms with E-state index in [1.807, 2.05) is 6.92 Å². The molecule has 112 valence electrons. The summed E-state index contributed by atoms with van der Waals surface area (Å²) in [5.41, 5.74) is 0. The van der Waals surface area contributed by atoms with Crippen LogP contribution < -0.4 is 5.32 Å². The molecule has 0 radical (unpaired) electrons. The van der Waals surface area contributed by atoms with E-state index in [2.05, 4.69) is 31.0 Å². The predicted octanol–water partition coefficient (Wildman–Crippen LogP) is 2.04. The van der Waals surface area contributed by atoms with Crippen molar-refractivity contribution in [2.24, 2.45) is 5.92 Å². The topological polar surface area (TPSA) is 41.6 Å². The molecule has 4 heteroatoms. The van der Waals surface area contributed by atoms with Crippen molar-refractivity contribution in [3.63, 3.8) is 0 Å². The van der Waals surface area contributed by atoms with E-state index in [0.717, 1.165) is 19.6 Å². The van der Waals surface area contributed by atoms with E-state index in [1.54, 1.807) is 0 Å². The number of carbonyl (C=O) groups is 1. The lowest BCUT2D eigenvalue weighted by Crippen LogP contribution is -2.46. The molecule has 0 spiro atoms. The van der Waals surface area contributed by atoms with Crippen LogP contribution in [0, 0.1) is 5.92 Å². The van der Waals surface area contributed by atoms with Crippen LogP contribution in [0.3, 0.4) is 0 Å². The van der Waals surface area contributed by atoms with Gasteiger partial charge in [-0.25, -0.2) is 0 Å². The maximum atomic E-state index is 11.6. The molecule has 0 bridgehead atoms. The molecule has 1 N–H and O–H groups in total. The summed E-state index contributed by atoms with van der Waals surface area (Å²) in [7, 11) is 0. The molecule has 2 atom stereocenters. The van der Waals surface area contributed by atoms with Gasteiger partial charge < -0.3 is 10.1 Å². The lowest BCUT2D eigenvalue weighted by molar-refractivity contribution is -0.144. The van der Waals surface area contributed by atoms with Crippen LogP contribution >= 0.6 is 0 Å². The molecule has 2 unspecified atom stereocenters. The smallest absolute Gasteiger partial charge is 0.307 e. The number of hydrogen-bond donors (Lipinski definition) is 1. The fourth-order valence-electron chi connectivity index (χ4n) is 2.86. The molecular formula is C15H30N2O2. The number of esters is 1. The second-order valence-corrected chi connectivity index (χ2v) is 5.86. The van der Waals surface area contributed by atoms with Gasteiger partial charge in [0.05, 0.1) is 13.0 Å². The standard InChI is InChI=1S/C15H30N2O2/c1-5-19-15(18)9-13(4)17(12(2)3)11-14-7-6-8-16-10-14/h12-14,16H,5-11H2,1-4H3. The molecule has 0 aromatic rings. The zero-order valence-corrected chi connectivity index (χ0v) is 12.9. The summed E-state index contributed by atoms with van der Waals surface area (Å²) < 4.78 is 5.05. The van der Waals surface area contributed by atoms with Crippen LogP contribution in [0.25, 0.3) is 0 Å². The van der Waals surface area contributed by atoms with Gasteiger partial charge in [0, 0.05) is 18.6 Å². The quantitative estimate of drug-likeness (QED) is 0.719. The minimum absolute atomic E-state index is 0.0811. The fourth-order valence-corrected chi connectivity index (χ4v) is 2.86. The number of hydrogen-bond acceptors (Lipinski definition) is 4. The lowest BCUT2D eigenvalue weighted by Gasteiger charge is -2.36. The van der Waals surface area contributed by atoms with Gasteiger partial charge in [-0.05, 0) is 59.5 Å². The Morgan fingerprint density at radius 2 is 2.16 bits per heavy atom. The van der Waals surface area contributed by atoms with Gasteiger partial charge in [0.1, 0.15) is 0 Å². The van der Waals surface area contributed by atoms with Crippen molar-refractivity contribution >= 4 is 5.97 Å². The SMILES string of the molecule is CCOC(=O)CC(C)N(CC1CCCNC1)C(C)C. The third-order valence-corrected chi connectivity index (χ3v) is 3.86. The van der Waals surface area contributed by atoms with Crippen molar-refractivity contribution in [2.75, 3.05) is 26.2 Å². The van der Waals surface area contributed by atoms with Crippen LogP contribution in [0.1, 0.15) is 47.0 Å². The third-order valence-electron chi connectivity index (χ3n) is 3.86. The van der Waals surface area contributed by atoms with Crippen LogP contribution in [0.2, 0.25) is 0 Å². The van der Waals surface area contributed by atoms with Gasteiger partial charge in [0.15, 0.2) is 0 Å². The van der Waals surface area contributed by atoms with Crippen LogP contribution in [0.15, 0.2) is 0 Å². The molecule has 4 nitrogen and oxygen atoms in total. The summed E-state index contributed by atoms with van der Waals surface area (Å²) in [5.74, 6) is 0.628. The molecule has 0 saturated carbocycles. The fraction of sp³-hybridized carbons (Fsp3) is 0.933. The first-order chi connectivity index (χ1) is 9.04. The highest BCUT2D eigenvalue weighted by atomic mass is 16.5. The van der Waals surface area contributed by atoms with Crippen LogP contribution in [-0.2, 0) is 9.53 Å². The number of rotatable bonds is 7. The Bertz CT molecular complexity index is 263. The zero-order chi connectivity index (χ0) is 14.3. The van der Waals surface area contributed by atoms with Crippen molar-refractivity contribution in [1.29, 1.82) is 0 Å². The highest BCUT2D eigenvalue weighted by molar-refractivity contribution is 5.70. The molecule has 0 amide bonds. The van der Waals surface area contributed by atoms with Crippen molar-refractivity contribution in [1.82, 2.24) is 10.2 Å². The predicted molar refractivity (Wildman–Crippen MR) is 78.1 cm³/mol. The van der Waals surface area contributed by atoms with Gasteiger partial charge in [-0.1, -0.05) is 0 Å². The summed E-state index contributed by atoms with van der Waals surface area (Å²) in [4.78, 5) is 14.1. The van der Waals surface area contributed by atoms with Gasteiger partial charge >= 0.3 is 5.97 Å². The Hall–Kier alpha value is -0.610. The van der Waals surface area contributed by atoms with Crippen molar-refractivity contribution < 1.29 is 9.53 Å². The van der Waals surface area contributed by atoms with E-state index in [1.165, 1.54) is 12.8 Å². The van der Waals surface area contributed by atoms with E-state index in [9.17, 15) is 4.79 Å². The normalized spacial score (nSPS) is 21.7. The summed E-state index contributed by atoms with van der Waals surface area (Å²) in [6.45, 7) is 12.2. The molecule has 1 aliphatic heterocycles. The van der Waals surface area contributed by atoms with Crippen LogP contribution in [0.4, 0.5) is 0 Å². The van der Waals surface area contributed by atoms with E-state index in [4.69, 9.17) is 4.74 Å². The molecule has 0 aliphatic carbocycles. The Balaban J connectivity index is 2.47. The average molecular weight is 270 g/mol. The third kappa shape index (κ3) is 5.91. The van der Waals surface area contributed by atoms with Gasteiger partial charge in [0.25, 0.3) is 0 Å². The van der Waals surface area contributed by atoms with Crippen LogP contribution in [0.5, 0.6) is 0 Å². The number of ether oxygens (including phenoxy) is 1. The molecule has 0 aromatic carbocycles. The number of carbonyl (C=O) groups excluding carboxylic acids is 1. The Morgan fingerprint density at radius 1 is 1.42 bits per heavy atom. The molecule has 0 aromatic heterocycles. The van der Waals surface area contributed by atoms with Crippen molar-refractivity contribution in [3.8, 4) is 0 Å². The summed E-state index contributed by atoms with van der Waals surface area (Å²) in [6.07, 6.45) is 3.05. The van der Waals surface area contributed by atoms with Gasteiger partial charge in [-0.15, -0.1) is 0 Å². The first kappa shape index (κ1) is 16.4. The lowest BCUT2D eigenvalue weighted by atomic mass is 9.97. The van der Waals surface area contributed by atoms with E-state index in [-0.39, 0.29) is 12.0 Å². The Morgan fingerprint density at radius 3 is 2.68 bits per heavy atom. The minimum atomic E-state index is -0.0811. The van der Waals surface area contributed by atoms with Crippen LogP contribution in [-0.4, -0.2) is 49.2 Å². The molecular weight excluding hydrogens is 240 g/mol. The molecule has 1 saturated heterocycles. The first-order valence-electron chi connectivity index (χ1n) is 7.66. The Kier molecular flexibility index (Phi) is 7.39. The maximum Gasteiger partial charge on any atom is 0.307 e. The summed E-state index contributed by atoms with van der Waals surface area (Å²) in [5, 5.41) is 3.46. The van der Waals surface area contributed by atoms with Gasteiger partial charge in [0.2, 0.25) is 0 Å². The molecule has 1 aliphatic rings. The minimum Gasteiger partial charge on any atom is -0.466 e. The average Bonchev–Trinajstić information content (AvgIpc) is 2.36. The molecule has 1 heterocycles. The van der Waals surface area contributed by atoms with E-state index < -0.39 is 0 Å². The monoisotopic (exact) mass is 270 g/mol.